The van der Waals surface area contributed by atoms with E-state index in [0.717, 1.165) is 17.5 Å². The number of alkyl halides is 3. The molecule has 0 aliphatic heterocycles. The molecule has 3 N–H and O–H groups in total. The summed E-state index contributed by atoms with van der Waals surface area (Å²) in [6.07, 6.45) is -1.15. The molecule has 0 amide bonds. The number of hydrogen-bond acceptors (Lipinski definition) is 6. The van der Waals surface area contributed by atoms with Gasteiger partial charge < -0.3 is 10.8 Å². The summed E-state index contributed by atoms with van der Waals surface area (Å²) in [4.78, 5) is 22.6. The maximum atomic E-state index is 13.1. The van der Waals surface area contributed by atoms with Crippen molar-refractivity contribution in [2.24, 2.45) is 5.73 Å². The van der Waals surface area contributed by atoms with Gasteiger partial charge in [0, 0.05) is 22.2 Å². The fourth-order valence-corrected chi connectivity index (χ4v) is 5.90. The van der Waals surface area contributed by atoms with E-state index >= 15 is 0 Å². The van der Waals surface area contributed by atoms with Gasteiger partial charge in [-0.3, -0.25) is 14.3 Å². The zero-order chi connectivity index (χ0) is 24.3. The van der Waals surface area contributed by atoms with Crippen LogP contribution in [-0.4, -0.2) is 31.4 Å². The molecule has 0 spiro atoms. The van der Waals surface area contributed by atoms with Crippen molar-refractivity contribution in [3.8, 4) is 21.7 Å². The van der Waals surface area contributed by atoms with E-state index in [9.17, 15) is 23.1 Å². The van der Waals surface area contributed by atoms with Crippen molar-refractivity contribution >= 4 is 21.6 Å². The van der Waals surface area contributed by atoms with E-state index in [1.54, 1.807) is 31.3 Å². The van der Waals surface area contributed by atoms with Gasteiger partial charge in [-0.25, -0.2) is 4.98 Å². The SMILES string of the molecule is C[C@]1(O)C[C@@](N)(c2ccc(-c3sc4ncn(CC(F)(F)F)c(=O)c4c3-c3ccccn3)cc2)C1. The van der Waals surface area contributed by atoms with Crippen molar-refractivity contribution in [3.05, 3.63) is 70.9 Å². The largest absolute Gasteiger partial charge is 0.406 e. The number of thiophene rings is 1. The molecule has 6 nitrogen and oxygen atoms in total. The molecule has 0 bridgehead atoms. The van der Waals surface area contributed by atoms with Gasteiger partial charge in [-0.05, 0) is 43.0 Å². The lowest BCUT2D eigenvalue weighted by Crippen LogP contribution is -2.58. The van der Waals surface area contributed by atoms with Gasteiger partial charge in [-0.1, -0.05) is 30.3 Å². The summed E-state index contributed by atoms with van der Waals surface area (Å²) in [5.41, 5.74) is 6.86. The third-order valence-corrected chi connectivity index (χ3v) is 7.21. The Morgan fingerprint density at radius 1 is 1.15 bits per heavy atom. The smallest absolute Gasteiger partial charge is 0.390 e. The number of nitrogens with zero attached hydrogens (tertiary/aromatic N) is 3. The van der Waals surface area contributed by atoms with Gasteiger partial charge in [0.1, 0.15) is 11.4 Å². The molecular weight excluding hydrogens is 465 g/mol. The highest BCUT2D eigenvalue weighted by molar-refractivity contribution is 7.22. The number of rotatable bonds is 4. The van der Waals surface area contributed by atoms with Crippen molar-refractivity contribution < 1.29 is 18.3 Å². The zero-order valence-corrected chi connectivity index (χ0v) is 19.0. The summed E-state index contributed by atoms with van der Waals surface area (Å²) in [5, 5.41) is 10.2. The first kappa shape index (κ1) is 22.7. The predicted molar refractivity (Wildman–Crippen MR) is 124 cm³/mol. The highest BCUT2D eigenvalue weighted by Crippen LogP contribution is 2.47. The van der Waals surface area contributed by atoms with Crippen LogP contribution in [-0.2, 0) is 12.1 Å². The molecule has 3 aromatic heterocycles. The molecule has 1 fully saturated rings. The van der Waals surface area contributed by atoms with Gasteiger partial charge in [-0.2, -0.15) is 13.2 Å². The summed E-state index contributed by atoms with van der Waals surface area (Å²) in [6, 6.07) is 12.7. The molecule has 34 heavy (non-hydrogen) atoms. The first-order valence-corrected chi connectivity index (χ1v) is 11.4. The molecule has 1 aliphatic carbocycles. The van der Waals surface area contributed by atoms with Crippen LogP contribution in [0.3, 0.4) is 0 Å². The maximum absolute atomic E-state index is 13.1. The molecule has 0 unspecified atom stereocenters. The van der Waals surface area contributed by atoms with Gasteiger partial charge in [-0.15, -0.1) is 11.3 Å². The molecule has 1 aliphatic rings. The van der Waals surface area contributed by atoms with E-state index < -0.39 is 29.4 Å². The first-order chi connectivity index (χ1) is 16.0. The molecule has 0 radical (unpaired) electrons. The minimum Gasteiger partial charge on any atom is -0.390 e. The van der Waals surface area contributed by atoms with Crippen molar-refractivity contribution in [1.29, 1.82) is 0 Å². The second kappa shape index (κ2) is 7.72. The van der Waals surface area contributed by atoms with Crippen LogP contribution in [0.25, 0.3) is 31.9 Å². The Kier molecular flexibility index (Phi) is 5.16. The summed E-state index contributed by atoms with van der Waals surface area (Å²) in [6.45, 7) is 0.333. The molecule has 1 aromatic carbocycles. The molecular formula is C24H21F3N4O2S. The molecule has 3 heterocycles. The predicted octanol–water partition coefficient (Wildman–Crippen LogP) is 4.45. The van der Waals surface area contributed by atoms with Gasteiger partial charge >= 0.3 is 6.18 Å². The number of halogens is 3. The summed E-state index contributed by atoms with van der Waals surface area (Å²) >= 11 is 1.23. The Balaban J connectivity index is 1.66. The Morgan fingerprint density at radius 2 is 1.85 bits per heavy atom. The van der Waals surface area contributed by atoms with Crippen LogP contribution in [0.2, 0.25) is 0 Å². The van der Waals surface area contributed by atoms with E-state index in [0.29, 0.717) is 38.4 Å². The van der Waals surface area contributed by atoms with Crippen LogP contribution >= 0.6 is 11.3 Å². The van der Waals surface area contributed by atoms with Gasteiger partial charge in [0.05, 0.1) is 23.0 Å². The molecule has 4 aromatic rings. The zero-order valence-electron chi connectivity index (χ0n) is 18.1. The Bertz CT molecular complexity index is 1420. The maximum Gasteiger partial charge on any atom is 0.406 e. The topological polar surface area (TPSA) is 94.0 Å². The number of hydrogen-bond donors (Lipinski definition) is 2. The lowest BCUT2D eigenvalue weighted by molar-refractivity contribution is -0.141. The number of fused-ring (bicyclic) bond motifs is 1. The number of pyridine rings is 1. The fraction of sp³-hybridized carbons (Fsp3) is 0.292. The summed E-state index contributed by atoms with van der Waals surface area (Å²) in [7, 11) is 0. The molecule has 5 rings (SSSR count). The Labute approximate surface area is 196 Å². The standard InChI is InChI=1S/C24H21F3N4O2S/c1-22(33)10-23(28,11-22)15-7-5-14(6-8-15)19-17(16-4-2-3-9-29-16)18-20(34-19)30-13-31(21(18)32)12-24(25,26)27/h2-9,13,33H,10-12,28H2,1H3/t22-,23-. The summed E-state index contributed by atoms with van der Waals surface area (Å²) in [5.74, 6) is 0. The monoisotopic (exact) mass is 486 g/mol. The average Bonchev–Trinajstić information content (AvgIpc) is 3.14. The van der Waals surface area contributed by atoms with Crippen molar-refractivity contribution in [2.45, 2.75) is 43.6 Å². The Morgan fingerprint density at radius 3 is 2.44 bits per heavy atom. The number of nitrogens with two attached hydrogens (primary N) is 1. The highest BCUT2D eigenvalue weighted by atomic mass is 32.1. The second-order valence-corrected chi connectivity index (χ2v) is 10.1. The van der Waals surface area contributed by atoms with Crippen LogP contribution in [0.4, 0.5) is 13.2 Å². The first-order valence-electron chi connectivity index (χ1n) is 10.6. The van der Waals surface area contributed by atoms with Crippen LogP contribution in [0.1, 0.15) is 25.3 Å². The molecule has 0 saturated heterocycles. The Hall–Kier alpha value is -3.08. The number of benzene rings is 1. The molecule has 0 atom stereocenters. The van der Waals surface area contributed by atoms with E-state index in [1.165, 1.54) is 11.3 Å². The minimum atomic E-state index is -4.55. The molecule has 1 saturated carbocycles. The van der Waals surface area contributed by atoms with E-state index in [-0.39, 0.29) is 5.39 Å². The van der Waals surface area contributed by atoms with E-state index in [2.05, 4.69) is 9.97 Å². The van der Waals surface area contributed by atoms with Gasteiger partial charge in [0.25, 0.3) is 5.56 Å². The average molecular weight is 487 g/mol. The number of aliphatic hydroxyl groups is 1. The van der Waals surface area contributed by atoms with Crippen LogP contribution in [0.5, 0.6) is 0 Å². The number of aromatic nitrogens is 3. The van der Waals surface area contributed by atoms with Crippen LogP contribution in [0, 0.1) is 0 Å². The molecule has 10 heteroatoms. The summed E-state index contributed by atoms with van der Waals surface area (Å²) < 4.78 is 39.6. The third kappa shape index (κ3) is 4.02. The molecule has 176 valence electrons. The van der Waals surface area contributed by atoms with Crippen molar-refractivity contribution in [2.75, 3.05) is 0 Å². The third-order valence-electron chi connectivity index (χ3n) is 6.06. The van der Waals surface area contributed by atoms with Crippen molar-refractivity contribution in [1.82, 2.24) is 14.5 Å². The normalized spacial score (nSPS) is 22.6. The van der Waals surface area contributed by atoms with Crippen molar-refractivity contribution in [3.63, 3.8) is 0 Å². The minimum absolute atomic E-state index is 0.111. The van der Waals surface area contributed by atoms with Crippen LogP contribution < -0.4 is 11.3 Å². The quantitative estimate of drug-likeness (QED) is 0.445. The highest BCUT2D eigenvalue weighted by Gasteiger charge is 2.49. The van der Waals surface area contributed by atoms with Crippen LogP contribution in [0.15, 0.2) is 59.8 Å². The lowest BCUT2D eigenvalue weighted by atomic mass is 9.63. The second-order valence-electron chi connectivity index (χ2n) is 9.08. The van der Waals surface area contributed by atoms with E-state index in [1.807, 2.05) is 24.3 Å². The lowest BCUT2D eigenvalue weighted by Gasteiger charge is -2.49. The van der Waals surface area contributed by atoms with Gasteiger partial charge in [0.2, 0.25) is 0 Å². The van der Waals surface area contributed by atoms with E-state index in [4.69, 9.17) is 5.73 Å². The van der Waals surface area contributed by atoms with Gasteiger partial charge in [0.15, 0.2) is 0 Å². The fourth-order valence-electron chi connectivity index (χ4n) is 4.76.